The number of rotatable bonds is 5. The van der Waals surface area contributed by atoms with Crippen molar-refractivity contribution in [2.45, 2.75) is 125 Å². The molecule has 224 valence electrons. The molecule has 1 aliphatic heterocycles. The van der Waals surface area contributed by atoms with E-state index in [1.807, 2.05) is 0 Å². The summed E-state index contributed by atoms with van der Waals surface area (Å²) in [6.07, 6.45) is 16.4. The molecule has 0 N–H and O–H groups in total. The zero-order valence-electron chi connectivity index (χ0n) is 26.5. The van der Waals surface area contributed by atoms with Gasteiger partial charge in [0.25, 0.3) is 0 Å². The van der Waals surface area contributed by atoms with Gasteiger partial charge in [0.05, 0.1) is 12.2 Å². The van der Waals surface area contributed by atoms with Gasteiger partial charge < -0.3 is 9.47 Å². The van der Waals surface area contributed by atoms with Gasteiger partial charge in [-0.25, -0.2) is 0 Å². The first kappa shape index (κ1) is 29.1. The van der Waals surface area contributed by atoms with E-state index in [1.54, 1.807) is 0 Å². The molecule has 0 amide bonds. The van der Waals surface area contributed by atoms with Crippen LogP contribution in [0.25, 0.3) is 0 Å². The fourth-order valence-corrected chi connectivity index (χ4v) is 12.5. The third-order valence-corrected chi connectivity index (χ3v) is 14.7. The van der Waals surface area contributed by atoms with E-state index in [0.717, 1.165) is 44.7 Å². The van der Waals surface area contributed by atoms with Crippen molar-refractivity contribution in [3.05, 3.63) is 11.6 Å². The number of Topliss-reactive ketones (excluding diaryl/α,β-unsaturated/α-hetero) is 1. The summed E-state index contributed by atoms with van der Waals surface area (Å²) < 4.78 is 12.7. The Morgan fingerprint density at radius 3 is 2.38 bits per heavy atom. The third kappa shape index (κ3) is 3.89. The molecule has 0 radical (unpaired) electrons. The van der Waals surface area contributed by atoms with E-state index in [9.17, 15) is 9.59 Å². The fourth-order valence-electron chi connectivity index (χ4n) is 12.5. The highest BCUT2D eigenvalue weighted by atomic mass is 16.7. The Morgan fingerprint density at radius 1 is 0.925 bits per heavy atom. The van der Waals surface area contributed by atoms with Gasteiger partial charge in [0.1, 0.15) is 0 Å². The fraction of sp³-hybridized carbons (Fsp3) is 0.889. The van der Waals surface area contributed by atoms with Crippen LogP contribution in [0.2, 0.25) is 0 Å². The van der Waals surface area contributed by atoms with Gasteiger partial charge >= 0.3 is 0 Å². The first-order valence-corrected chi connectivity index (χ1v) is 16.8. The van der Waals surface area contributed by atoms with Gasteiger partial charge in [0.15, 0.2) is 18.4 Å². The summed E-state index contributed by atoms with van der Waals surface area (Å²) >= 11 is 0. The summed E-state index contributed by atoms with van der Waals surface area (Å²) in [5.74, 6) is 3.74. The molecule has 0 bridgehead atoms. The lowest BCUT2D eigenvalue weighted by Gasteiger charge is -2.72. The van der Waals surface area contributed by atoms with Crippen LogP contribution in [0, 0.1) is 62.6 Å². The maximum Gasteiger partial charge on any atom is 0.171 e. The van der Waals surface area contributed by atoms with E-state index in [-0.39, 0.29) is 33.7 Å². The summed E-state index contributed by atoms with van der Waals surface area (Å²) in [5, 5.41) is 0. The lowest BCUT2D eigenvalue weighted by Crippen LogP contribution is -2.66. The predicted octanol–water partition coefficient (Wildman–Crippen LogP) is 8.18. The van der Waals surface area contributed by atoms with Crippen molar-refractivity contribution < 1.29 is 19.1 Å². The molecule has 5 aliphatic carbocycles. The Bertz CT molecular complexity index is 1050. The normalized spacial score (nSPS) is 49.9. The predicted molar refractivity (Wildman–Crippen MR) is 158 cm³/mol. The van der Waals surface area contributed by atoms with Crippen LogP contribution < -0.4 is 0 Å². The molecule has 4 nitrogen and oxygen atoms in total. The summed E-state index contributed by atoms with van der Waals surface area (Å²) in [6, 6.07) is 0. The molecule has 1 saturated heterocycles. The molecule has 0 aromatic carbocycles. The lowest BCUT2D eigenvalue weighted by molar-refractivity contribution is -0.238. The molecular weight excluding hydrogens is 496 g/mol. The van der Waals surface area contributed by atoms with E-state index >= 15 is 0 Å². The monoisotopic (exact) mass is 552 g/mol. The van der Waals surface area contributed by atoms with Crippen molar-refractivity contribution in [1.82, 2.24) is 0 Å². The number of carbonyl (C=O) groups excluding carboxylic acids is 2. The number of aldehydes is 1. The molecule has 4 heteroatoms. The Kier molecular flexibility index (Phi) is 7.10. The maximum atomic E-state index is 13.3. The van der Waals surface area contributed by atoms with Crippen molar-refractivity contribution in [1.29, 1.82) is 0 Å². The number of allylic oxidation sites excluding steroid dienone is 2. The summed E-state index contributed by atoms with van der Waals surface area (Å²) in [4.78, 5) is 25.5. The van der Waals surface area contributed by atoms with E-state index in [4.69, 9.17) is 9.47 Å². The van der Waals surface area contributed by atoms with Crippen LogP contribution in [0.5, 0.6) is 0 Å². The smallest absolute Gasteiger partial charge is 0.171 e. The Balaban J connectivity index is 1.35. The number of hydrogen-bond acceptors (Lipinski definition) is 4. The van der Waals surface area contributed by atoms with Crippen molar-refractivity contribution in [2.24, 2.45) is 62.6 Å². The molecule has 4 saturated carbocycles. The highest BCUT2D eigenvalue weighted by Gasteiger charge is 2.71. The average Bonchev–Trinajstić information content (AvgIpc) is 3.31. The molecule has 1 heterocycles. The van der Waals surface area contributed by atoms with Crippen LogP contribution in [-0.2, 0) is 19.1 Å². The Morgan fingerprint density at radius 2 is 1.70 bits per heavy atom. The average molecular weight is 553 g/mol. The molecule has 0 spiro atoms. The van der Waals surface area contributed by atoms with Gasteiger partial charge in [-0.2, -0.15) is 0 Å². The quantitative estimate of drug-likeness (QED) is 0.255. The molecule has 0 aromatic heterocycles. The van der Waals surface area contributed by atoms with Gasteiger partial charge in [-0.3, -0.25) is 9.59 Å². The van der Waals surface area contributed by atoms with Crippen LogP contribution >= 0.6 is 0 Å². The van der Waals surface area contributed by atoms with E-state index in [0.29, 0.717) is 35.2 Å². The van der Waals surface area contributed by atoms with Crippen molar-refractivity contribution in [3.63, 3.8) is 0 Å². The van der Waals surface area contributed by atoms with Crippen LogP contribution in [0.1, 0.15) is 119 Å². The van der Waals surface area contributed by atoms with E-state index < -0.39 is 5.41 Å². The van der Waals surface area contributed by atoms with Crippen molar-refractivity contribution in [3.8, 4) is 0 Å². The number of ketones is 1. The first-order chi connectivity index (χ1) is 18.8. The number of carbonyl (C=O) groups is 2. The van der Waals surface area contributed by atoms with Gasteiger partial charge in [-0.1, -0.05) is 54.5 Å². The third-order valence-electron chi connectivity index (χ3n) is 14.7. The van der Waals surface area contributed by atoms with Crippen LogP contribution in [-0.4, -0.2) is 31.6 Å². The largest absolute Gasteiger partial charge is 0.353 e. The van der Waals surface area contributed by atoms with Crippen LogP contribution in [0.4, 0.5) is 0 Å². The molecule has 5 fully saturated rings. The molecule has 0 aromatic rings. The van der Waals surface area contributed by atoms with Gasteiger partial charge in [0.2, 0.25) is 0 Å². The molecule has 6 aliphatic rings. The number of ether oxygens (including phenoxy) is 2. The number of fused-ring (bicyclic) bond motifs is 7. The zero-order valence-corrected chi connectivity index (χ0v) is 26.5. The summed E-state index contributed by atoms with van der Waals surface area (Å²) in [6.45, 7) is 18.6. The minimum Gasteiger partial charge on any atom is -0.353 e. The first-order valence-electron chi connectivity index (χ1n) is 16.8. The van der Waals surface area contributed by atoms with Gasteiger partial charge in [-0.15, -0.1) is 0 Å². The van der Waals surface area contributed by atoms with Crippen molar-refractivity contribution in [2.75, 3.05) is 13.2 Å². The molecule has 1 unspecified atom stereocenters. The second kappa shape index (κ2) is 9.76. The van der Waals surface area contributed by atoms with Crippen LogP contribution in [0.15, 0.2) is 11.6 Å². The van der Waals surface area contributed by atoms with Gasteiger partial charge in [0, 0.05) is 12.0 Å². The topological polar surface area (TPSA) is 52.6 Å². The Hall–Kier alpha value is -1.00. The lowest BCUT2D eigenvalue weighted by atomic mass is 9.32. The van der Waals surface area contributed by atoms with Crippen LogP contribution in [0.3, 0.4) is 0 Å². The zero-order chi connectivity index (χ0) is 28.7. The molecular formula is C36H56O4. The van der Waals surface area contributed by atoms with Gasteiger partial charge in [-0.05, 0) is 128 Å². The Labute approximate surface area is 243 Å². The second-order valence-electron chi connectivity index (χ2n) is 16.7. The van der Waals surface area contributed by atoms with E-state index in [2.05, 4.69) is 54.5 Å². The SMILES string of the molecule is CC(C)[C@@H]1CC[C@]2(COC3CCCCO3)CC[C@]3(C)[C@H](CC[C@@H]4[C@@]5(C)C=C(C=O)C(=O)C(C)(C)[C@@H]5CC[C@]43C)[C@@H]12. The molecule has 40 heavy (non-hydrogen) atoms. The minimum atomic E-state index is -0.479. The minimum absolute atomic E-state index is 0.00478. The second-order valence-corrected chi connectivity index (χ2v) is 16.7. The van der Waals surface area contributed by atoms with E-state index in [1.165, 1.54) is 51.4 Å². The standard InChI is InChI=1S/C36H56O4/c1-23(2)25-13-16-36(22-40-29-10-8-9-19-39-29)18-17-34(6)26(30(25)36)11-12-28-33(5)20-24(21-37)31(38)32(3,4)27(33)14-15-35(28,34)7/h20-21,23,25-30H,8-19,22H2,1-7H3/t25-,26+,27-,28+,29?,30+,33-,34+,35+,36+/m0/s1. The maximum absolute atomic E-state index is 13.3. The highest BCUT2D eigenvalue weighted by molar-refractivity contribution is 6.15. The summed E-state index contributed by atoms with van der Waals surface area (Å²) in [5.41, 5.74) is 0.586. The highest BCUT2D eigenvalue weighted by Crippen LogP contribution is 2.77. The number of hydrogen-bond donors (Lipinski definition) is 0. The molecule has 6 rings (SSSR count). The summed E-state index contributed by atoms with van der Waals surface area (Å²) in [7, 11) is 0. The molecule has 10 atom stereocenters. The van der Waals surface area contributed by atoms with Crippen molar-refractivity contribution >= 4 is 12.1 Å².